The van der Waals surface area contributed by atoms with Gasteiger partial charge in [-0.3, -0.25) is 4.90 Å². The summed E-state index contributed by atoms with van der Waals surface area (Å²) in [6.07, 6.45) is -0.773. The molecule has 0 bridgehead atoms. The van der Waals surface area contributed by atoms with E-state index in [0.717, 1.165) is 5.56 Å². The average Bonchev–Trinajstić information content (AvgIpc) is 2.45. The Morgan fingerprint density at radius 2 is 2.26 bits per heavy atom. The Hall–Kier alpha value is -1.30. The molecule has 1 aliphatic rings. The molecule has 2 atom stereocenters. The Morgan fingerprint density at radius 1 is 1.52 bits per heavy atom. The number of benzene rings is 1. The zero-order chi connectivity index (χ0) is 17.0. The van der Waals surface area contributed by atoms with Crippen LogP contribution >= 0.6 is 11.6 Å². The van der Waals surface area contributed by atoms with Gasteiger partial charge in [-0.1, -0.05) is 23.7 Å². The molecule has 1 heterocycles. The van der Waals surface area contributed by atoms with Gasteiger partial charge in [-0.15, -0.1) is 0 Å². The second kappa shape index (κ2) is 7.51. The van der Waals surface area contributed by atoms with Crippen molar-refractivity contribution in [2.24, 2.45) is 0 Å². The maximum absolute atomic E-state index is 12.4. The molecular weight excluding hydrogens is 318 g/mol. The highest BCUT2D eigenvalue weighted by Crippen LogP contribution is 2.20. The number of aliphatic hydroxyl groups is 1. The minimum Gasteiger partial charge on any atom is -0.444 e. The lowest BCUT2D eigenvalue weighted by Crippen LogP contribution is -2.55. The SMILES string of the molecule is CC(C)(C)OC(=O)N1CCOCC1C(O)Cc1cccc(Cl)c1. The van der Waals surface area contributed by atoms with Crippen molar-refractivity contribution in [3.8, 4) is 0 Å². The second-order valence-corrected chi connectivity index (χ2v) is 7.15. The number of hydrogen-bond acceptors (Lipinski definition) is 4. The Morgan fingerprint density at radius 3 is 2.91 bits per heavy atom. The van der Waals surface area contributed by atoms with Crippen molar-refractivity contribution in [1.82, 2.24) is 4.90 Å². The van der Waals surface area contributed by atoms with Gasteiger partial charge >= 0.3 is 6.09 Å². The van der Waals surface area contributed by atoms with Crippen molar-refractivity contribution in [1.29, 1.82) is 0 Å². The van der Waals surface area contributed by atoms with E-state index in [1.54, 1.807) is 11.0 Å². The van der Waals surface area contributed by atoms with Crippen molar-refractivity contribution in [2.45, 2.75) is 44.9 Å². The lowest BCUT2D eigenvalue weighted by molar-refractivity contribution is -0.0660. The molecule has 0 radical (unpaired) electrons. The summed E-state index contributed by atoms with van der Waals surface area (Å²) in [6.45, 7) is 6.61. The number of rotatable bonds is 3. The van der Waals surface area contributed by atoms with E-state index in [4.69, 9.17) is 21.1 Å². The number of carbonyl (C=O) groups excluding carboxylic acids is 1. The Labute approximate surface area is 142 Å². The van der Waals surface area contributed by atoms with Crippen molar-refractivity contribution < 1.29 is 19.4 Å². The van der Waals surface area contributed by atoms with Crippen LogP contribution in [0.4, 0.5) is 4.79 Å². The number of ether oxygens (including phenoxy) is 2. The Kier molecular flexibility index (Phi) is 5.89. The van der Waals surface area contributed by atoms with Gasteiger partial charge in [0.1, 0.15) is 5.60 Å². The lowest BCUT2D eigenvalue weighted by atomic mass is 10.0. The largest absolute Gasteiger partial charge is 0.444 e. The third-order valence-corrected chi connectivity index (χ3v) is 3.81. The Bertz CT molecular complexity index is 544. The van der Waals surface area contributed by atoms with Crippen molar-refractivity contribution in [3.05, 3.63) is 34.9 Å². The monoisotopic (exact) mass is 341 g/mol. The molecule has 1 amide bonds. The number of aliphatic hydroxyl groups excluding tert-OH is 1. The number of hydrogen-bond donors (Lipinski definition) is 1. The smallest absolute Gasteiger partial charge is 0.410 e. The molecule has 0 aliphatic carbocycles. The molecule has 6 heteroatoms. The summed E-state index contributed by atoms with van der Waals surface area (Å²) in [7, 11) is 0. The fourth-order valence-electron chi connectivity index (χ4n) is 2.53. The van der Waals surface area contributed by atoms with Crippen LogP contribution in [-0.2, 0) is 15.9 Å². The highest BCUT2D eigenvalue weighted by atomic mass is 35.5. The van der Waals surface area contributed by atoms with Gasteiger partial charge in [-0.05, 0) is 38.5 Å². The summed E-state index contributed by atoms with van der Waals surface area (Å²) in [6, 6.07) is 6.90. The van der Waals surface area contributed by atoms with Gasteiger partial charge in [0, 0.05) is 18.0 Å². The number of morpholine rings is 1. The van der Waals surface area contributed by atoms with Gasteiger partial charge in [0.25, 0.3) is 0 Å². The minimum absolute atomic E-state index is 0.293. The molecule has 1 aromatic rings. The fourth-order valence-corrected chi connectivity index (χ4v) is 2.74. The van der Waals surface area contributed by atoms with Crippen LogP contribution in [0.1, 0.15) is 26.3 Å². The van der Waals surface area contributed by atoms with Crippen LogP contribution < -0.4 is 0 Å². The van der Waals surface area contributed by atoms with Gasteiger partial charge in [-0.25, -0.2) is 4.79 Å². The number of amides is 1. The molecule has 1 fully saturated rings. The van der Waals surface area contributed by atoms with Crippen LogP contribution in [0.3, 0.4) is 0 Å². The van der Waals surface area contributed by atoms with E-state index in [1.807, 2.05) is 39.0 Å². The summed E-state index contributed by atoms with van der Waals surface area (Å²) >= 11 is 5.97. The summed E-state index contributed by atoms with van der Waals surface area (Å²) < 4.78 is 10.9. The highest BCUT2D eigenvalue weighted by Gasteiger charge is 2.35. The van der Waals surface area contributed by atoms with E-state index < -0.39 is 23.8 Å². The van der Waals surface area contributed by atoms with Crippen LogP contribution in [0.2, 0.25) is 5.02 Å². The van der Waals surface area contributed by atoms with Crippen LogP contribution in [0.15, 0.2) is 24.3 Å². The molecule has 0 spiro atoms. The van der Waals surface area contributed by atoms with Gasteiger partial charge in [0.2, 0.25) is 0 Å². The second-order valence-electron chi connectivity index (χ2n) is 6.72. The maximum atomic E-state index is 12.4. The molecule has 1 aromatic carbocycles. The first-order chi connectivity index (χ1) is 10.8. The topological polar surface area (TPSA) is 59.0 Å². The molecule has 1 N–H and O–H groups in total. The third-order valence-electron chi connectivity index (χ3n) is 3.57. The molecule has 2 rings (SSSR count). The van der Waals surface area contributed by atoms with Gasteiger partial charge < -0.3 is 14.6 Å². The van der Waals surface area contributed by atoms with E-state index in [2.05, 4.69) is 0 Å². The lowest BCUT2D eigenvalue weighted by Gasteiger charge is -2.38. The fraction of sp³-hybridized carbons (Fsp3) is 0.588. The molecule has 5 nitrogen and oxygen atoms in total. The number of carbonyl (C=O) groups is 1. The summed E-state index contributed by atoms with van der Waals surface area (Å²) in [5.41, 5.74) is 0.345. The molecule has 2 unspecified atom stereocenters. The number of halogens is 1. The van der Waals surface area contributed by atoms with Crippen LogP contribution in [0.25, 0.3) is 0 Å². The van der Waals surface area contributed by atoms with Gasteiger partial charge in [-0.2, -0.15) is 0 Å². The van der Waals surface area contributed by atoms with Crippen LogP contribution in [0.5, 0.6) is 0 Å². The standard InChI is InChI=1S/C17H24ClNO4/c1-17(2,3)23-16(21)19-7-8-22-11-14(19)15(20)10-12-5-4-6-13(18)9-12/h4-6,9,14-15,20H,7-8,10-11H2,1-3H3. The average molecular weight is 342 g/mol. The van der Waals surface area contributed by atoms with E-state index in [9.17, 15) is 9.90 Å². The zero-order valence-corrected chi connectivity index (χ0v) is 14.5. The molecule has 23 heavy (non-hydrogen) atoms. The van der Waals surface area contributed by atoms with Crippen molar-refractivity contribution in [2.75, 3.05) is 19.8 Å². The van der Waals surface area contributed by atoms with Crippen molar-refractivity contribution in [3.63, 3.8) is 0 Å². The zero-order valence-electron chi connectivity index (χ0n) is 13.8. The Balaban J connectivity index is 2.06. The van der Waals surface area contributed by atoms with Crippen LogP contribution in [0, 0.1) is 0 Å². The number of nitrogens with zero attached hydrogens (tertiary/aromatic N) is 1. The maximum Gasteiger partial charge on any atom is 0.410 e. The van der Waals surface area contributed by atoms with E-state index in [0.29, 0.717) is 31.2 Å². The van der Waals surface area contributed by atoms with Crippen LogP contribution in [-0.4, -0.2) is 53.6 Å². The highest BCUT2D eigenvalue weighted by molar-refractivity contribution is 6.30. The summed E-state index contributed by atoms with van der Waals surface area (Å²) in [5, 5.41) is 11.2. The molecule has 1 saturated heterocycles. The molecule has 0 saturated carbocycles. The molecule has 128 valence electrons. The first kappa shape index (κ1) is 18.0. The van der Waals surface area contributed by atoms with Gasteiger partial charge in [0.15, 0.2) is 0 Å². The normalized spacial score (nSPS) is 20.2. The van der Waals surface area contributed by atoms with E-state index in [1.165, 1.54) is 0 Å². The molecular formula is C17H24ClNO4. The first-order valence-corrected chi connectivity index (χ1v) is 8.14. The predicted octanol–water partition coefficient (Wildman–Crippen LogP) is 2.88. The summed E-state index contributed by atoms with van der Waals surface area (Å²) in [4.78, 5) is 13.9. The predicted molar refractivity (Wildman–Crippen MR) is 88.7 cm³/mol. The van der Waals surface area contributed by atoms with Gasteiger partial charge in [0.05, 0.1) is 25.4 Å². The first-order valence-electron chi connectivity index (χ1n) is 7.76. The third kappa shape index (κ3) is 5.37. The molecule has 1 aliphatic heterocycles. The van der Waals surface area contributed by atoms with E-state index >= 15 is 0 Å². The summed E-state index contributed by atoms with van der Waals surface area (Å²) in [5.74, 6) is 0. The minimum atomic E-state index is -0.749. The van der Waals surface area contributed by atoms with Crippen molar-refractivity contribution >= 4 is 17.7 Å². The van der Waals surface area contributed by atoms with E-state index in [-0.39, 0.29) is 0 Å². The quantitative estimate of drug-likeness (QED) is 0.918. The molecule has 0 aromatic heterocycles.